The van der Waals surface area contributed by atoms with Crippen LogP contribution in [0.2, 0.25) is 0 Å². The fourth-order valence-electron chi connectivity index (χ4n) is 2.46. The van der Waals surface area contributed by atoms with Gasteiger partial charge in [0.2, 0.25) is 5.91 Å². The summed E-state index contributed by atoms with van der Waals surface area (Å²) >= 11 is 0. The summed E-state index contributed by atoms with van der Waals surface area (Å²) in [6, 6.07) is 6.37. The van der Waals surface area contributed by atoms with Crippen LogP contribution in [0.25, 0.3) is 11.0 Å². The van der Waals surface area contributed by atoms with E-state index >= 15 is 0 Å². The number of hydrogen-bond donors (Lipinski definition) is 1. The molecular formula is C15H14F2N6O3. The molecule has 3 aromatic rings. The van der Waals surface area contributed by atoms with Gasteiger partial charge in [-0.3, -0.25) is 9.36 Å². The number of nitrogens with zero attached hydrogens (tertiary/aromatic N) is 5. The number of para-hydroxylation sites is 2. The highest BCUT2D eigenvalue weighted by molar-refractivity contribution is 5.87. The number of carbonyl (C=O) groups is 2. The van der Waals surface area contributed by atoms with Crippen molar-refractivity contribution in [2.24, 2.45) is 5.73 Å². The van der Waals surface area contributed by atoms with Crippen LogP contribution in [0.4, 0.5) is 8.78 Å². The molecule has 26 heavy (non-hydrogen) atoms. The van der Waals surface area contributed by atoms with Crippen LogP contribution in [-0.2, 0) is 16.1 Å². The Labute approximate surface area is 145 Å². The molecule has 11 heteroatoms. The third-order valence-electron chi connectivity index (χ3n) is 3.53. The molecule has 0 aliphatic rings. The zero-order valence-electron chi connectivity index (χ0n) is 13.5. The number of alkyl halides is 2. The Hall–Kier alpha value is -3.37. The molecule has 3 rings (SSSR count). The number of hydrogen-bond acceptors (Lipinski definition) is 6. The number of rotatable bonds is 6. The molecule has 2 aromatic heterocycles. The highest BCUT2D eigenvalue weighted by atomic mass is 19.3. The number of fused-ring (bicyclic) bond motifs is 1. The maximum absolute atomic E-state index is 13.4. The monoisotopic (exact) mass is 364 g/mol. The summed E-state index contributed by atoms with van der Waals surface area (Å²) in [5.41, 5.74) is 5.43. The van der Waals surface area contributed by atoms with E-state index in [9.17, 15) is 18.4 Å². The lowest BCUT2D eigenvalue weighted by molar-refractivity contribution is -0.118. The molecule has 9 nitrogen and oxygen atoms in total. The zero-order valence-corrected chi connectivity index (χ0v) is 13.5. The molecule has 0 unspecified atom stereocenters. The summed E-state index contributed by atoms with van der Waals surface area (Å²) in [6.07, 6.45) is 0.112. The van der Waals surface area contributed by atoms with Crippen LogP contribution in [0.5, 0.6) is 0 Å². The predicted molar refractivity (Wildman–Crippen MR) is 84.0 cm³/mol. The van der Waals surface area contributed by atoms with E-state index in [4.69, 9.17) is 10.5 Å². The zero-order chi connectivity index (χ0) is 18.8. The van der Waals surface area contributed by atoms with E-state index < -0.39 is 24.5 Å². The highest BCUT2D eigenvalue weighted by Gasteiger charge is 2.25. The number of halogens is 2. The number of nitrogens with two attached hydrogens (primary N) is 1. The third kappa shape index (κ3) is 3.36. The second kappa shape index (κ2) is 6.86. The lowest BCUT2D eigenvalue weighted by Gasteiger charge is -2.14. The predicted octanol–water partition coefficient (Wildman–Crippen LogP) is 1.43. The van der Waals surface area contributed by atoms with Crippen molar-refractivity contribution in [2.75, 3.05) is 0 Å². The van der Waals surface area contributed by atoms with Gasteiger partial charge in [0.25, 0.3) is 0 Å². The minimum absolute atomic E-state index is 0.0981. The van der Waals surface area contributed by atoms with Crippen LogP contribution in [-0.4, -0.2) is 36.4 Å². The van der Waals surface area contributed by atoms with Crippen molar-refractivity contribution in [1.82, 2.24) is 24.5 Å². The topological polar surface area (TPSA) is 118 Å². The molecule has 0 radical (unpaired) electrons. The molecule has 0 saturated heterocycles. The van der Waals surface area contributed by atoms with Crippen molar-refractivity contribution in [1.29, 1.82) is 0 Å². The van der Waals surface area contributed by atoms with Crippen molar-refractivity contribution in [3.8, 4) is 0 Å². The molecule has 136 valence electrons. The molecule has 1 atom stereocenters. The Kier molecular flexibility index (Phi) is 4.61. The van der Waals surface area contributed by atoms with Crippen molar-refractivity contribution in [3.05, 3.63) is 42.0 Å². The number of aromatic nitrogens is 5. The molecule has 1 aromatic carbocycles. The first-order valence-corrected chi connectivity index (χ1v) is 7.51. The van der Waals surface area contributed by atoms with Crippen LogP contribution in [0.15, 0.2) is 30.5 Å². The smallest absolute Gasteiger partial charge is 0.361 e. The largest absolute Gasteiger partial charge is 0.450 e. The Morgan fingerprint density at radius 2 is 2.04 bits per heavy atom. The van der Waals surface area contributed by atoms with Gasteiger partial charge in [0.1, 0.15) is 6.54 Å². The number of amides is 1. The van der Waals surface area contributed by atoms with E-state index in [2.05, 4.69) is 15.3 Å². The van der Waals surface area contributed by atoms with Crippen LogP contribution in [0.1, 0.15) is 35.9 Å². The van der Waals surface area contributed by atoms with Gasteiger partial charge in [0.05, 0.1) is 17.2 Å². The second-order valence-electron chi connectivity index (χ2n) is 5.42. The lowest BCUT2D eigenvalue weighted by Crippen LogP contribution is -2.19. The first-order chi connectivity index (χ1) is 12.4. The second-order valence-corrected chi connectivity index (χ2v) is 5.42. The Morgan fingerprint density at radius 3 is 2.73 bits per heavy atom. The van der Waals surface area contributed by atoms with Crippen molar-refractivity contribution < 1.29 is 23.1 Å². The third-order valence-corrected chi connectivity index (χ3v) is 3.53. The quantitative estimate of drug-likeness (QED) is 0.661. The minimum Gasteiger partial charge on any atom is -0.450 e. The Bertz CT molecular complexity index is 967. The number of carbonyl (C=O) groups excluding carboxylic acids is 2. The van der Waals surface area contributed by atoms with Crippen LogP contribution < -0.4 is 5.73 Å². The van der Waals surface area contributed by atoms with Gasteiger partial charge >= 0.3 is 12.5 Å². The van der Waals surface area contributed by atoms with E-state index in [0.29, 0.717) is 10.1 Å². The van der Waals surface area contributed by atoms with Crippen LogP contribution in [0.3, 0.4) is 0 Å². The van der Waals surface area contributed by atoms with Crippen LogP contribution >= 0.6 is 0 Å². The van der Waals surface area contributed by atoms with Gasteiger partial charge in [-0.25, -0.2) is 14.5 Å². The molecule has 0 aliphatic carbocycles. The highest BCUT2D eigenvalue weighted by Crippen LogP contribution is 2.28. The summed E-state index contributed by atoms with van der Waals surface area (Å²) in [5, 5.41) is 7.13. The molecule has 0 spiro atoms. The molecular weight excluding hydrogens is 350 g/mol. The van der Waals surface area contributed by atoms with Gasteiger partial charge in [-0.05, 0) is 19.1 Å². The molecule has 1 amide bonds. The SMILES string of the molecule is C[C@@H](OC(=O)c1cn(CC(N)=O)nn1)c1nc2ccccc2n1C(F)F. The average molecular weight is 364 g/mol. The first-order valence-electron chi connectivity index (χ1n) is 7.51. The van der Waals surface area contributed by atoms with E-state index in [1.165, 1.54) is 19.2 Å². The van der Waals surface area contributed by atoms with Gasteiger partial charge in [0, 0.05) is 0 Å². The Morgan fingerprint density at radius 1 is 1.31 bits per heavy atom. The van der Waals surface area contributed by atoms with Crippen molar-refractivity contribution in [2.45, 2.75) is 26.1 Å². The van der Waals surface area contributed by atoms with E-state index in [1.807, 2.05) is 0 Å². The average Bonchev–Trinajstić information content (AvgIpc) is 3.18. The number of esters is 1. The summed E-state index contributed by atoms with van der Waals surface area (Å²) in [6.45, 7) is -1.68. The summed E-state index contributed by atoms with van der Waals surface area (Å²) < 4.78 is 33.8. The molecule has 0 fully saturated rings. The van der Waals surface area contributed by atoms with E-state index in [-0.39, 0.29) is 23.6 Å². The standard InChI is InChI=1S/C15H14F2N6O3/c1-8(26-14(25)10-6-22(21-20-10)7-12(18)24)13-19-9-4-2-3-5-11(9)23(13)15(16)17/h2-6,8,15H,7H2,1H3,(H2,18,24)/t8-/m1/s1. The van der Waals surface area contributed by atoms with Crippen molar-refractivity contribution >= 4 is 22.9 Å². The summed E-state index contributed by atoms with van der Waals surface area (Å²) in [4.78, 5) is 27.1. The first kappa shape index (κ1) is 17.5. The summed E-state index contributed by atoms with van der Waals surface area (Å²) in [5.74, 6) is -1.64. The van der Waals surface area contributed by atoms with Gasteiger partial charge in [0.15, 0.2) is 17.6 Å². The molecule has 0 saturated carbocycles. The van der Waals surface area contributed by atoms with Crippen LogP contribution in [0, 0.1) is 0 Å². The van der Waals surface area contributed by atoms with E-state index in [0.717, 1.165) is 4.68 Å². The lowest BCUT2D eigenvalue weighted by atomic mass is 10.3. The maximum atomic E-state index is 13.4. The van der Waals surface area contributed by atoms with Crippen molar-refractivity contribution in [3.63, 3.8) is 0 Å². The normalized spacial score (nSPS) is 12.5. The van der Waals surface area contributed by atoms with Gasteiger partial charge < -0.3 is 10.5 Å². The summed E-state index contributed by atoms with van der Waals surface area (Å²) in [7, 11) is 0. The fourth-order valence-corrected chi connectivity index (χ4v) is 2.46. The number of primary amides is 1. The molecule has 0 bridgehead atoms. The fraction of sp³-hybridized carbons (Fsp3) is 0.267. The van der Waals surface area contributed by atoms with Gasteiger partial charge in [-0.15, -0.1) is 5.10 Å². The molecule has 2 heterocycles. The number of imidazole rings is 1. The Balaban J connectivity index is 1.83. The number of ether oxygens (including phenoxy) is 1. The van der Waals surface area contributed by atoms with E-state index in [1.54, 1.807) is 18.2 Å². The maximum Gasteiger partial charge on any atom is 0.361 e. The minimum atomic E-state index is -2.85. The van der Waals surface area contributed by atoms with Gasteiger partial charge in [-0.1, -0.05) is 17.3 Å². The molecule has 0 aliphatic heterocycles. The number of benzene rings is 1. The van der Waals surface area contributed by atoms with Gasteiger partial charge in [-0.2, -0.15) is 8.78 Å². The molecule has 2 N–H and O–H groups in total.